The number of rotatable bonds is 3. The number of aromatic nitrogens is 1. The minimum absolute atomic E-state index is 0.0138. The van der Waals surface area contributed by atoms with E-state index in [9.17, 15) is 14.0 Å². The molecule has 1 heterocycles. The summed E-state index contributed by atoms with van der Waals surface area (Å²) in [4.78, 5) is 27.8. The van der Waals surface area contributed by atoms with Crippen LogP contribution in [0, 0.1) is 12.7 Å². The van der Waals surface area contributed by atoms with Crippen molar-refractivity contribution in [1.29, 1.82) is 0 Å². The van der Waals surface area contributed by atoms with Crippen molar-refractivity contribution in [3.05, 3.63) is 67.8 Å². The van der Waals surface area contributed by atoms with Crippen molar-refractivity contribution < 1.29 is 9.18 Å². The Morgan fingerprint density at radius 2 is 2.10 bits per heavy atom. The molecule has 6 heteroatoms. The Bertz CT molecular complexity index is 743. The molecule has 0 radical (unpaired) electrons. The lowest BCUT2D eigenvalue weighted by atomic mass is 10.1. The molecule has 0 aliphatic carbocycles. The first-order valence-corrected chi connectivity index (χ1v) is 7.06. The van der Waals surface area contributed by atoms with E-state index in [-0.39, 0.29) is 17.9 Å². The standard InChI is InChI=1S/C15H14BrFN2O2/c1-9-3-4-13(17)10(5-9)8-19(2)15(21)12-6-11(16)7-18-14(12)20/h3-7H,8H2,1-2H3,(H,18,20). The van der Waals surface area contributed by atoms with Crippen molar-refractivity contribution in [2.75, 3.05) is 7.05 Å². The van der Waals surface area contributed by atoms with Gasteiger partial charge >= 0.3 is 0 Å². The SMILES string of the molecule is Cc1ccc(F)c(CN(C)C(=O)c2cc(Br)c[nH]c2=O)c1. The van der Waals surface area contributed by atoms with Crippen LogP contribution in [0.4, 0.5) is 4.39 Å². The van der Waals surface area contributed by atoms with Crippen LogP contribution >= 0.6 is 15.9 Å². The molecule has 21 heavy (non-hydrogen) atoms. The second-order valence-corrected chi connectivity index (χ2v) is 5.73. The molecule has 0 atom stereocenters. The number of carbonyl (C=O) groups excluding carboxylic acids is 1. The average molecular weight is 353 g/mol. The number of hydrogen-bond donors (Lipinski definition) is 1. The second-order valence-electron chi connectivity index (χ2n) is 4.82. The highest BCUT2D eigenvalue weighted by atomic mass is 79.9. The lowest BCUT2D eigenvalue weighted by Crippen LogP contribution is -2.31. The predicted molar refractivity (Wildman–Crippen MR) is 81.7 cm³/mol. The van der Waals surface area contributed by atoms with Crippen LogP contribution in [-0.4, -0.2) is 22.8 Å². The van der Waals surface area contributed by atoms with E-state index in [2.05, 4.69) is 20.9 Å². The zero-order valence-corrected chi connectivity index (χ0v) is 13.2. The van der Waals surface area contributed by atoms with E-state index >= 15 is 0 Å². The third-order valence-electron chi connectivity index (χ3n) is 3.05. The summed E-state index contributed by atoms with van der Waals surface area (Å²) in [6, 6.07) is 6.17. The molecule has 0 saturated carbocycles. The van der Waals surface area contributed by atoms with Gasteiger partial charge in [-0.2, -0.15) is 0 Å². The quantitative estimate of drug-likeness (QED) is 0.923. The fourth-order valence-corrected chi connectivity index (χ4v) is 2.32. The normalized spacial score (nSPS) is 10.5. The van der Waals surface area contributed by atoms with Crippen LogP contribution in [-0.2, 0) is 6.54 Å². The minimum Gasteiger partial charge on any atom is -0.337 e. The van der Waals surface area contributed by atoms with Gasteiger partial charge in [-0.25, -0.2) is 4.39 Å². The molecule has 0 saturated heterocycles. The first kappa shape index (κ1) is 15.4. The van der Waals surface area contributed by atoms with Crippen molar-refractivity contribution in [2.24, 2.45) is 0 Å². The summed E-state index contributed by atoms with van der Waals surface area (Å²) in [5.74, 6) is -0.832. The monoisotopic (exact) mass is 352 g/mol. The summed E-state index contributed by atoms with van der Waals surface area (Å²) in [5, 5.41) is 0. The molecule has 1 N–H and O–H groups in total. The van der Waals surface area contributed by atoms with Gasteiger partial charge in [0, 0.05) is 29.8 Å². The Morgan fingerprint density at radius 3 is 2.81 bits per heavy atom. The third kappa shape index (κ3) is 3.58. The van der Waals surface area contributed by atoms with Crippen LogP contribution in [0.1, 0.15) is 21.5 Å². The lowest BCUT2D eigenvalue weighted by Gasteiger charge is -2.17. The summed E-state index contributed by atoms with van der Waals surface area (Å²) < 4.78 is 14.3. The van der Waals surface area contributed by atoms with Crippen molar-refractivity contribution in [3.63, 3.8) is 0 Å². The fraction of sp³-hybridized carbons (Fsp3) is 0.200. The molecule has 0 fully saturated rings. The summed E-state index contributed by atoms with van der Waals surface area (Å²) in [6.07, 6.45) is 1.46. The Balaban J connectivity index is 2.25. The van der Waals surface area contributed by atoms with Gasteiger partial charge in [-0.15, -0.1) is 0 Å². The molecular weight excluding hydrogens is 339 g/mol. The number of nitrogens with zero attached hydrogens (tertiary/aromatic N) is 1. The van der Waals surface area contributed by atoms with Gasteiger partial charge in [0.1, 0.15) is 11.4 Å². The van der Waals surface area contributed by atoms with E-state index in [1.165, 1.54) is 30.3 Å². The van der Waals surface area contributed by atoms with Crippen LogP contribution in [0.5, 0.6) is 0 Å². The Kier molecular flexibility index (Phi) is 4.57. The maximum absolute atomic E-state index is 13.7. The Hall–Kier alpha value is -1.95. The van der Waals surface area contributed by atoms with Crippen LogP contribution in [0.2, 0.25) is 0 Å². The van der Waals surface area contributed by atoms with Crippen LogP contribution < -0.4 is 5.56 Å². The number of aromatic amines is 1. The molecule has 110 valence electrons. The van der Waals surface area contributed by atoms with Crippen molar-refractivity contribution >= 4 is 21.8 Å². The summed E-state index contributed by atoms with van der Waals surface area (Å²) in [6.45, 7) is 1.95. The predicted octanol–water partition coefficient (Wildman–Crippen LogP) is 2.86. The molecule has 4 nitrogen and oxygen atoms in total. The van der Waals surface area contributed by atoms with Gasteiger partial charge in [0.2, 0.25) is 0 Å². The third-order valence-corrected chi connectivity index (χ3v) is 3.51. The van der Waals surface area contributed by atoms with E-state index in [1.54, 1.807) is 12.1 Å². The topological polar surface area (TPSA) is 53.2 Å². The van der Waals surface area contributed by atoms with Gasteiger partial charge in [-0.1, -0.05) is 17.7 Å². The lowest BCUT2D eigenvalue weighted by molar-refractivity contribution is 0.0782. The number of nitrogens with one attached hydrogen (secondary N) is 1. The first-order chi connectivity index (χ1) is 9.88. The van der Waals surface area contributed by atoms with Crippen molar-refractivity contribution in [3.8, 4) is 0 Å². The van der Waals surface area contributed by atoms with Crippen molar-refractivity contribution in [2.45, 2.75) is 13.5 Å². The van der Waals surface area contributed by atoms with Gasteiger partial charge in [-0.3, -0.25) is 9.59 Å². The Labute approximate surface area is 129 Å². The molecule has 1 aromatic heterocycles. The number of pyridine rings is 1. The highest BCUT2D eigenvalue weighted by molar-refractivity contribution is 9.10. The summed E-state index contributed by atoms with van der Waals surface area (Å²) >= 11 is 3.20. The average Bonchev–Trinajstić information content (AvgIpc) is 2.44. The van der Waals surface area contributed by atoms with E-state index in [1.807, 2.05) is 6.92 Å². The molecule has 0 aliphatic rings. The molecule has 2 rings (SSSR count). The zero-order chi connectivity index (χ0) is 15.6. The smallest absolute Gasteiger partial charge is 0.260 e. The summed E-state index contributed by atoms with van der Waals surface area (Å²) in [5.41, 5.74) is 0.865. The number of aryl methyl sites for hydroxylation is 1. The van der Waals surface area contributed by atoms with Crippen LogP contribution in [0.25, 0.3) is 0 Å². The van der Waals surface area contributed by atoms with E-state index in [4.69, 9.17) is 0 Å². The summed E-state index contributed by atoms with van der Waals surface area (Å²) in [7, 11) is 1.53. The van der Waals surface area contributed by atoms with Gasteiger partial charge in [0.25, 0.3) is 11.5 Å². The number of halogens is 2. The molecule has 2 aromatic rings. The van der Waals surface area contributed by atoms with Crippen LogP contribution in [0.15, 0.2) is 39.7 Å². The molecule has 0 aliphatic heterocycles. The highest BCUT2D eigenvalue weighted by Gasteiger charge is 2.17. The molecule has 0 unspecified atom stereocenters. The zero-order valence-electron chi connectivity index (χ0n) is 11.6. The van der Waals surface area contributed by atoms with Crippen molar-refractivity contribution in [1.82, 2.24) is 9.88 Å². The van der Waals surface area contributed by atoms with Gasteiger partial charge < -0.3 is 9.88 Å². The highest BCUT2D eigenvalue weighted by Crippen LogP contribution is 2.14. The fourth-order valence-electron chi connectivity index (χ4n) is 1.97. The molecule has 0 bridgehead atoms. The van der Waals surface area contributed by atoms with Gasteiger partial charge in [-0.05, 0) is 35.0 Å². The minimum atomic E-state index is -0.472. The number of amides is 1. The number of H-pyrrole nitrogens is 1. The largest absolute Gasteiger partial charge is 0.337 e. The van der Waals surface area contributed by atoms with E-state index in [0.29, 0.717) is 10.0 Å². The molecule has 1 aromatic carbocycles. The Morgan fingerprint density at radius 1 is 1.38 bits per heavy atom. The number of carbonyl (C=O) groups is 1. The van der Waals surface area contributed by atoms with E-state index in [0.717, 1.165) is 5.56 Å². The first-order valence-electron chi connectivity index (χ1n) is 6.27. The number of benzene rings is 1. The molecule has 1 amide bonds. The number of hydrogen-bond acceptors (Lipinski definition) is 2. The van der Waals surface area contributed by atoms with Gasteiger partial charge in [0.05, 0.1) is 0 Å². The van der Waals surface area contributed by atoms with E-state index < -0.39 is 11.5 Å². The maximum Gasteiger partial charge on any atom is 0.260 e. The second kappa shape index (κ2) is 6.22. The molecular formula is C15H14BrFN2O2. The van der Waals surface area contributed by atoms with Crippen LogP contribution in [0.3, 0.4) is 0 Å². The molecule has 0 spiro atoms. The maximum atomic E-state index is 13.7. The van der Waals surface area contributed by atoms with Gasteiger partial charge in [0.15, 0.2) is 0 Å².